The fourth-order valence-electron chi connectivity index (χ4n) is 2.77. The van der Waals surface area contributed by atoms with Gasteiger partial charge in [-0.25, -0.2) is 0 Å². The number of fused-ring (bicyclic) bond motifs is 1. The van der Waals surface area contributed by atoms with E-state index < -0.39 is 0 Å². The monoisotopic (exact) mass is 269 g/mol. The molecule has 2 aromatic carbocycles. The van der Waals surface area contributed by atoms with E-state index in [1.807, 2.05) is 31.2 Å². The predicted octanol–water partition coefficient (Wildman–Crippen LogP) is 3.03. The Morgan fingerprint density at radius 3 is 2.75 bits per heavy atom. The van der Waals surface area contributed by atoms with E-state index in [-0.39, 0.29) is 6.04 Å². The van der Waals surface area contributed by atoms with Gasteiger partial charge in [-0.1, -0.05) is 18.2 Å². The van der Waals surface area contributed by atoms with Gasteiger partial charge in [0.05, 0.1) is 12.6 Å². The van der Waals surface area contributed by atoms with Gasteiger partial charge in [-0.3, -0.25) is 0 Å². The maximum atomic E-state index is 9.60. The highest BCUT2D eigenvalue weighted by Gasteiger charge is 2.21. The Morgan fingerprint density at radius 1 is 1.20 bits per heavy atom. The molecule has 1 unspecified atom stereocenters. The summed E-state index contributed by atoms with van der Waals surface area (Å²) < 4.78 is 5.48. The summed E-state index contributed by atoms with van der Waals surface area (Å²) >= 11 is 0. The average molecular weight is 269 g/mol. The van der Waals surface area contributed by atoms with Crippen molar-refractivity contribution in [3.63, 3.8) is 0 Å². The first-order chi connectivity index (χ1) is 9.78. The van der Waals surface area contributed by atoms with Gasteiger partial charge in [-0.05, 0) is 54.3 Å². The van der Waals surface area contributed by atoms with Gasteiger partial charge in [0.25, 0.3) is 0 Å². The molecular formula is C17H19NO2. The maximum Gasteiger partial charge on any atom is 0.119 e. The number of nitrogens with one attached hydrogen (secondary N) is 1. The molecule has 20 heavy (non-hydrogen) atoms. The molecule has 2 aromatic rings. The second-order valence-electron chi connectivity index (χ2n) is 5.02. The number of phenols is 1. The van der Waals surface area contributed by atoms with Crippen LogP contribution in [0.25, 0.3) is 0 Å². The normalized spacial score (nSPS) is 17.6. The van der Waals surface area contributed by atoms with E-state index in [0.29, 0.717) is 12.4 Å². The number of hydrogen-bond donors (Lipinski definition) is 2. The molecule has 1 heterocycles. The zero-order chi connectivity index (χ0) is 13.9. The van der Waals surface area contributed by atoms with Crippen molar-refractivity contribution in [2.24, 2.45) is 0 Å². The Hall–Kier alpha value is -2.00. The summed E-state index contributed by atoms with van der Waals surface area (Å²) in [7, 11) is 0. The van der Waals surface area contributed by atoms with Gasteiger partial charge in [-0.2, -0.15) is 0 Å². The van der Waals surface area contributed by atoms with E-state index in [1.165, 1.54) is 16.7 Å². The molecule has 0 saturated heterocycles. The zero-order valence-corrected chi connectivity index (χ0v) is 11.6. The van der Waals surface area contributed by atoms with Crippen molar-refractivity contribution in [1.29, 1.82) is 0 Å². The molecule has 0 saturated carbocycles. The highest BCUT2D eigenvalue weighted by Crippen LogP contribution is 2.31. The van der Waals surface area contributed by atoms with Crippen LogP contribution in [0.4, 0.5) is 0 Å². The van der Waals surface area contributed by atoms with Crippen LogP contribution in [0.1, 0.15) is 29.7 Å². The first kappa shape index (κ1) is 13.0. The van der Waals surface area contributed by atoms with Gasteiger partial charge >= 0.3 is 0 Å². The minimum absolute atomic E-state index is 0.190. The van der Waals surface area contributed by atoms with Crippen molar-refractivity contribution < 1.29 is 9.84 Å². The number of benzene rings is 2. The average Bonchev–Trinajstić information content (AvgIpc) is 2.47. The van der Waals surface area contributed by atoms with E-state index in [1.54, 1.807) is 6.07 Å². The van der Waals surface area contributed by atoms with Crippen molar-refractivity contribution >= 4 is 0 Å². The van der Waals surface area contributed by atoms with Crippen LogP contribution in [-0.2, 0) is 6.42 Å². The van der Waals surface area contributed by atoms with E-state index in [0.717, 1.165) is 18.7 Å². The van der Waals surface area contributed by atoms with Crippen molar-refractivity contribution in [3.8, 4) is 11.5 Å². The molecule has 2 N–H and O–H groups in total. The SMILES string of the molecule is CCOc1ccc(C2NCCc3cc(O)ccc32)cc1. The standard InChI is InChI=1S/C17H19NO2/c1-2-20-15-6-3-12(4-7-15)17-16-8-5-14(19)11-13(16)9-10-18-17/h3-8,11,17-19H,2,9-10H2,1H3. The van der Waals surface area contributed by atoms with E-state index in [9.17, 15) is 5.11 Å². The zero-order valence-electron chi connectivity index (χ0n) is 11.6. The summed E-state index contributed by atoms with van der Waals surface area (Å²) in [5.74, 6) is 1.24. The van der Waals surface area contributed by atoms with Crippen LogP contribution in [0.3, 0.4) is 0 Å². The first-order valence-corrected chi connectivity index (χ1v) is 7.06. The Morgan fingerprint density at radius 2 is 2.00 bits per heavy atom. The Bertz CT molecular complexity index is 592. The fourth-order valence-corrected chi connectivity index (χ4v) is 2.77. The predicted molar refractivity (Wildman–Crippen MR) is 79.3 cm³/mol. The molecule has 104 valence electrons. The van der Waals surface area contributed by atoms with Crippen LogP contribution in [-0.4, -0.2) is 18.3 Å². The summed E-state index contributed by atoms with van der Waals surface area (Å²) in [5.41, 5.74) is 3.70. The largest absolute Gasteiger partial charge is 0.508 e. The topological polar surface area (TPSA) is 41.5 Å². The molecule has 3 nitrogen and oxygen atoms in total. The molecule has 3 heteroatoms. The summed E-state index contributed by atoms with van der Waals surface area (Å²) in [5, 5.41) is 13.1. The van der Waals surface area contributed by atoms with Crippen LogP contribution >= 0.6 is 0 Å². The molecule has 3 rings (SSSR count). The van der Waals surface area contributed by atoms with E-state index >= 15 is 0 Å². The molecule has 1 aliphatic heterocycles. The molecule has 0 amide bonds. The number of hydrogen-bond acceptors (Lipinski definition) is 3. The van der Waals surface area contributed by atoms with Gasteiger partial charge in [0.1, 0.15) is 11.5 Å². The van der Waals surface area contributed by atoms with E-state index in [4.69, 9.17) is 4.74 Å². The van der Waals surface area contributed by atoms with Crippen molar-refractivity contribution in [2.75, 3.05) is 13.2 Å². The first-order valence-electron chi connectivity index (χ1n) is 7.06. The number of aromatic hydroxyl groups is 1. The highest BCUT2D eigenvalue weighted by atomic mass is 16.5. The number of phenolic OH excluding ortho intramolecular Hbond substituents is 1. The summed E-state index contributed by atoms with van der Waals surface area (Å²) in [4.78, 5) is 0. The fraction of sp³-hybridized carbons (Fsp3) is 0.294. The minimum atomic E-state index is 0.190. The van der Waals surface area contributed by atoms with Crippen molar-refractivity contribution in [2.45, 2.75) is 19.4 Å². The molecule has 0 radical (unpaired) electrons. The number of rotatable bonds is 3. The summed E-state index contributed by atoms with van der Waals surface area (Å²) in [6.45, 7) is 3.59. The third kappa shape index (κ3) is 2.49. The van der Waals surface area contributed by atoms with Crippen LogP contribution < -0.4 is 10.1 Å². The quantitative estimate of drug-likeness (QED) is 0.900. The second-order valence-corrected chi connectivity index (χ2v) is 5.02. The van der Waals surface area contributed by atoms with Gasteiger partial charge < -0.3 is 15.2 Å². The lowest BCUT2D eigenvalue weighted by Crippen LogP contribution is -2.30. The summed E-state index contributed by atoms with van der Waals surface area (Å²) in [6, 6.07) is 14.1. The van der Waals surface area contributed by atoms with Crippen molar-refractivity contribution in [1.82, 2.24) is 5.32 Å². The molecule has 0 aromatic heterocycles. The maximum absolute atomic E-state index is 9.60. The Labute approximate surface area is 119 Å². The lowest BCUT2D eigenvalue weighted by Gasteiger charge is -2.27. The van der Waals surface area contributed by atoms with Gasteiger partial charge in [0, 0.05) is 6.54 Å². The molecular weight excluding hydrogens is 250 g/mol. The van der Waals surface area contributed by atoms with Crippen molar-refractivity contribution in [3.05, 3.63) is 59.2 Å². The lowest BCUT2D eigenvalue weighted by atomic mass is 9.90. The Kier molecular flexibility index (Phi) is 3.61. The van der Waals surface area contributed by atoms with E-state index in [2.05, 4.69) is 17.4 Å². The highest BCUT2D eigenvalue weighted by molar-refractivity contribution is 5.44. The lowest BCUT2D eigenvalue weighted by molar-refractivity contribution is 0.340. The molecule has 0 aliphatic carbocycles. The van der Waals surface area contributed by atoms with Crippen LogP contribution in [0.5, 0.6) is 11.5 Å². The second kappa shape index (κ2) is 5.55. The van der Waals surface area contributed by atoms with Crippen LogP contribution in [0.15, 0.2) is 42.5 Å². The Balaban J connectivity index is 1.92. The molecule has 1 aliphatic rings. The smallest absolute Gasteiger partial charge is 0.119 e. The molecule has 0 fully saturated rings. The third-order valence-corrected chi connectivity index (χ3v) is 3.70. The molecule has 0 spiro atoms. The minimum Gasteiger partial charge on any atom is -0.508 e. The molecule has 1 atom stereocenters. The molecule has 0 bridgehead atoms. The van der Waals surface area contributed by atoms with Gasteiger partial charge in [0.2, 0.25) is 0 Å². The third-order valence-electron chi connectivity index (χ3n) is 3.70. The van der Waals surface area contributed by atoms with Gasteiger partial charge in [-0.15, -0.1) is 0 Å². The van der Waals surface area contributed by atoms with Gasteiger partial charge in [0.15, 0.2) is 0 Å². The van der Waals surface area contributed by atoms with Crippen LogP contribution in [0.2, 0.25) is 0 Å². The number of ether oxygens (including phenoxy) is 1. The van der Waals surface area contributed by atoms with Crippen LogP contribution in [0, 0.1) is 0 Å². The summed E-state index contributed by atoms with van der Waals surface area (Å²) in [6.07, 6.45) is 0.956.